The third-order valence-corrected chi connectivity index (χ3v) is 6.84. The summed E-state index contributed by atoms with van der Waals surface area (Å²) < 4.78 is 30.6. The van der Waals surface area contributed by atoms with Gasteiger partial charge in [0.2, 0.25) is 0 Å². The second-order valence-electron chi connectivity index (χ2n) is 5.48. The lowest BCUT2D eigenvalue weighted by molar-refractivity contribution is -0.154. The van der Waals surface area contributed by atoms with Gasteiger partial charge in [-0.15, -0.1) is 0 Å². The van der Waals surface area contributed by atoms with Gasteiger partial charge in [0.15, 0.2) is 9.84 Å². The van der Waals surface area contributed by atoms with Crippen molar-refractivity contribution in [1.82, 2.24) is 0 Å². The predicted molar refractivity (Wildman–Crippen MR) is 78.2 cm³/mol. The van der Waals surface area contributed by atoms with Gasteiger partial charge in [-0.1, -0.05) is 23.7 Å². The minimum absolute atomic E-state index is 0.00833. The summed E-state index contributed by atoms with van der Waals surface area (Å²) in [6, 6.07) is 6.19. The van der Waals surface area contributed by atoms with Crippen LogP contribution in [0.5, 0.6) is 0 Å². The molecule has 1 aliphatic carbocycles. The first-order valence-electron chi connectivity index (χ1n) is 6.48. The highest BCUT2D eigenvalue weighted by molar-refractivity contribution is 7.92. The van der Waals surface area contributed by atoms with Crippen LogP contribution in [0, 0.1) is 5.41 Å². The number of carbonyl (C=O) groups is 1. The van der Waals surface area contributed by atoms with E-state index in [0.29, 0.717) is 0 Å². The average Bonchev–Trinajstić information content (AvgIpc) is 2.78. The van der Waals surface area contributed by atoms with E-state index < -0.39 is 32.6 Å². The Morgan fingerprint density at radius 2 is 2.05 bits per heavy atom. The van der Waals surface area contributed by atoms with Crippen LogP contribution in [-0.4, -0.2) is 38.0 Å². The largest absolute Gasteiger partial charge is 0.481 e. The molecule has 3 atom stereocenters. The summed E-state index contributed by atoms with van der Waals surface area (Å²) in [4.78, 5) is 11.5. The quantitative estimate of drug-likeness (QED) is 0.915. The number of ether oxygens (including phenoxy) is 1. The smallest absolute Gasteiger partial charge is 0.312 e. The number of hydrogen-bond donors (Lipinski definition) is 1. The number of carboxylic acids is 1. The molecule has 5 nitrogen and oxygen atoms in total. The third-order valence-electron chi connectivity index (χ3n) is 4.19. The number of hydrogen-bond acceptors (Lipinski definition) is 4. The molecule has 1 aliphatic rings. The second kappa shape index (κ2) is 5.59. The normalized spacial score (nSPS) is 29.5. The molecular weight excluding hydrogens is 316 g/mol. The Hall–Kier alpha value is -1.11. The minimum atomic E-state index is -3.69. The molecule has 3 unspecified atom stereocenters. The molecular formula is C14H17ClO5S. The first-order chi connectivity index (χ1) is 9.73. The Kier molecular flexibility index (Phi) is 4.33. The van der Waals surface area contributed by atoms with E-state index in [0.717, 1.165) is 0 Å². The fourth-order valence-corrected chi connectivity index (χ4v) is 5.28. The summed E-state index contributed by atoms with van der Waals surface area (Å²) in [5.41, 5.74) is -1.21. The number of methoxy groups -OCH3 is 1. The van der Waals surface area contributed by atoms with Crippen molar-refractivity contribution in [3.63, 3.8) is 0 Å². The molecule has 1 N–H and O–H groups in total. The molecule has 1 fully saturated rings. The van der Waals surface area contributed by atoms with Crippen LogP contribution in [0.25, 0.3) is 0 Å². The van der Waals surface area contributed by atoms with Gasteiger partial charge in [0.1, 0.15) is 0 Å². The molecule has 2 rings (SSSR count). The minimum Gasteiger partial charge on any atom is -0.481 e. The van der Waals surface area contributed by atoms with E-state index in [2.05, 4.69) is 0 Å². The van der Waals surface area contributed by atoms with Gasteiger partial charge in [-0.25, -0.2) is 8.42 Å². The fourth-order valence-electron chi connectivity index (χ4n) is 2.86. The summed E-state index contributed by atoms with van der Waals surface area (Å²) in [5, 5.41) is 8.71. The van der Waals surface area contributed by atoms with Gasteiger partial charge >= 0.3 is 5.97 Å². The van der Waals surface area contributed by atoms with Crippen molar-refractivity contribution in [1.29, 1.82) is 0 Å². The number of carboxylic acid groups (broad SMARTS) is 1. The zero-order valence-corrected chi connectivity index (χ0v) is 13.3. The van der Waals surface area contributed by atoms with E-state index in [1.165, 1.54) is 26.2 Å². The molecule has 0 amide bonds. The lowest BCUT2D eigenvalue weighted by atomic mass is 9.87. The van der Waals surface area contributed by atoms with Crippen molar-refractivity contribution in [2.75, 3.05) is 7.11 Å². The number of halogens is 1. The van der Waals surface area contributed by atoms with Crippen LogP contribution in [0.3, 0.4) is 0 Å². The zero-order valence-electron chi connectivity index (χ0n) is 11.7. The predicted octanol–water partition coefficient (Wildman–Crippen LogP) is 2.38. The fraction of sp³-hybridized carbons (Fsp3) is 0.500. The summed E-state index contributed by atoms with van der Waals surface area (Å²) in [7, 11) is -2.29. The van der Waals surface area contributed by atoms with Crippen molar-refractivity contribution in [2.45, 2.75) is 36.0 Å². The molecule has 0 aliphatic heterocycles. The van der Waals surface area contributed by atoms with Crippen molar-refractivity contribution >= 4 is 27.4 Å². The van der Waals surface area contributed by atoms with Gasteiger partial charge in [-0.3, -0.25) is 4.79 Å². The highest BCUT2D eigenvalue weighted by atomic mass is 35.5. The first kappa shape index (κ1) is 16.3. The standard InChI is InChI=1S/C14H17ClO5S/c1-14(13(16)17)8-9(7-12(14)20-2)21(18,19)11-6-4-3-5-10(11)15/h3-6,9,12H,7-8H2,1-2H3,(H,16,17). The molecule has 1 aromatic carbocycles. The van der Waals surface area contributed by atoms with Crippen LogP contribution < -0.4 is 0 Å². The Morgan fingerprint density at radius 1 is 1.43 bits per heavy atom. The van der Waals surface area contributed by atoms with E-state index in [1.807, 2.05) is 0 Å². The molecule has 0 saturated heterocycles. The SMILES string of the molecule is COC1CC(S(=O)(=O)c2ccccc2Cl)CC1(C)C(=O)O. The van der Waals surface area contributed by atoms with Crippen LogP contribution in [0.2, 0.25) is 5.02 Å². The van der Waals surface area contributed by atoms with Crippen molar-refractivity contribution < 1.29 is 23.1 Å². The van der Waals surface area contributed by atoms with Crippen LogP contribution in [-0.2, 0) is 19.4 Å². The maximum absolute atomic E-state index is 12.7. The topological polar surface area (TPSA) is 80.7 Å². The van der Waals surface area contributed by atoms with Crippen molar-refractivity contribution in [3.8, 4) is 0 Å². The van der Waals surface area contributed by atoms with Gasteiger partial charge in [0, 0.05) is 7.11 Å². The molecule has 21 heavy (non-hydrogen) atoms. The van der Waals surface area contributed by atoms with Gasteiger partial charge in [-0.05, 0) is 31.9 Å². The maximum atomic E-state index is 12.7. The maximum Gasteiger partial charge on any atom is 0.312 e. The number of benzene rings is 1. The van der Waals surface area contributed by atoms with Gasteiger partial charge in [0.25, 0.3) is 0 Å². The first-order valence-corrected chi connectivity index (χ1v) is 8.40. The molecule has 0 aromatic heterocycles. The molecule has 0 spiro atoms. The molecule has 7 heteroatoms. The number of aliphatic carboxylic acids is 1. The molecule has 116 valence electrons. The summed E-state index contributed by atoms with van der Waals surface area (Å²) in [5.74, 6) is -1.05. The van der Waals surface area contributed by atoms with Crippen LogP contribution >= 0.6 is 11.6 Å². The van der Waals surface area contributed by atoms with Gasteiger partial charge in [-0.2, -0.15) is 0 Å². The number of rotatable bonds is 4. The lowest BCUT2D eigenvalue weighted by Gasteiger charge is -2.25. The van der Waals surface area contributed by atoms with E-state index in [-0.39, 0.29) is 22.8 Å². The van der Waals surface area contributed by atoms with E-state index in [1.54, 1.807) is 12.1 Å². The molecule has 1 aromatic rings. The summed E-state index contributed by atoms with van der Waals surface area (Å²) >= 11 is 5.96. The monoisotopic (exact) mass is 332 g/mol. The third kappa shape index (κ3) is 2.67. The zero-order chi connectivity index (χ0) is 15.8. The Morgan fingerprint density at radius 3 is 2.52 bits per heavy atom. The van der Waals surface area contributed by atoms with Crippen LogP contribution in [0.4, 0.5) is 0 Å². The highest BCUT2D eigenvalue weighted by Gasteiger charge is 2.53. The van der Waals surface area contributed by atoms with E-state index >= 15 is 0 Å². The molecule has 1 saturated carbocycles. The summed E-state index contributed by atoms with van der Waals surface area (Å²) in [6.07, 6.45) is -0.487. The number of sulfone groups is 1. The van der Waals surface area contributed by atoms with Crippen LogP contribution in [0.1, 0.15) is 19.8 Å². The van der Waals surface area contributed by atoms with Crippen molar-refractivity contribution in [2.24, 2.45) is 5.41 Å². The summed E-state index contributed by atoms with van der Waals surface area (Å²) in [6.45, 7) is 1.52. The van der Waals surface area contributed by atoms with Crippen molar-refractivity contribution in [3.05, 3.63) is 29.3 Å². The molecule has 0 bridgehead atoms. The van der Waals surface area contributed by atoms with E-state index in [4.69, 9.17) is 16.3 Å². The second-order valence-corrected chi connectivity index (χ2v) is 8.09. The van der Waals surface area contributed by atoms with Crippen LogP contribution in [0.15, 0.2) is 29.2 Å². The highest BCUT2D eigenvalue weighted by Crippen LogP contribution is 2.45. The van der Waals surface area contributed by atoms with Gasteiger partial charge in [0.05, 0.1) is 26.7 Å². The Bertz CT molecular complexity index is 657. The molecule has 0 heterocycles. The lowest BCUT2D eigenvalue weighted by Crippen LogP contribution is -2.36. The molecule has 0 radical (unpaired) electrons. The Labute approximate surface area is 128 Å². The average molecular weight is 333 g/mol. The van der Waals surface area contributed by atoms with Gasteiger partial charge < -0.3 is 9.84 Å². The Balaban J connectivity index is 2.40. The van der Waals surface area contributed by atoms with E-state index in [9.17, 15) is 18.3 Å².